The van der Waals surface area contributed by atoms with Gasteiger partial charge in [0.1, 0.15) is 0 Å². The summed E-state index contributed by atoms with van der Waals surface area (Å²) in [5.74, 6) is 0.763. The van der Waals surface area contributed by atoms with Gasteiger partial charge in [-0.15, -0.1) is 0 Å². The lowest BCUT2D eigenvalue weighted by Crippen LogP contribution is -2.43. The lowest BCUT2D eigenvalue weighted by Gasteiger charge is -2.29. The van der Waals surface area contributed by atoms with Gasteiger partial charge in [0.15, 0.2) is 0 Å². The minimum absolute atomic E-state index is 0.312. The topological polar surface area (TPSA) is 36.0 Å². The second-order valence-corrected chi connectivity index (χ2v) is 7.66. The zero-order valence-corrected chi connectivity index (χ0v) is 15.3. The van der Waals surface area contributed by atoms with E-state index < -0.39 is 0 Å². The number of nitrogens with zero attached hydrogens (tertiary/aromatic N) is 3. The van der Waals surface area contributed by atoms with Crippen molar-refractivity contribution in [2.24, 2.45) is 5.92 Å². The van der Waals surface area contributed by atoms with E-state index in [-0.39, 0.29) is 0 Å². The molecular formula is C19H35N3O2. The van der Waals surface area contributed by atoms with Crippen LogP contribution >= 0.6 is 0 Å². The summed E-state index contributed by atoms with van der Waals surface area (Å²) >= 11 is 0. The van der Waals surface area contributed by atoms with Crippen molar-refractivity contribution >= 4 is 5.91 Å². The van der Waals surface area contributed by atoms with E-state index >= 15 is 0 Å². The van der Waals surface area contributed by atoms with Crippen LogP contribution in [0.25, 0.3) is 0 Å². The Morgan fingerprint density at radius 2 is 1.42 bits per heavy atom. The van der Waals surface area contributed by atoms with Crippen molar-refractivity contribution in [3.05, 3.63) is 0 Å². The van der Waals surface area contributed by atoms with Crippen LogP contribution in [0.1, 0.15) is 44.9 Å². The van der Waals surface area contributed by atoms with Crippen LogP contribution in [0.4, 0.5) is 0 Å². The minimum Gasteiger partial charge on any atom is -0.379 e. The van der Waals surface area contributed by atoms with Gasteiger partial charge >= 0.3 is 0 Å². The van der Waals surface area contributed by atoms with Crippen molar-refractivity contribution < 1.29 is 9.53 Å². The number of amides is 1. The van der Waals surface area contributed by atoms with Crippen LogP contribution in [0.15, 0.2) is 0 Å². The highest BCUT2D eigenvalue weighted by atomic mass is 16.5. The lowest BCUT2D eigenvalue weighted by molar-refractivity contribution is -0.135. The molecule has 5 nitrogen and oxygen atoms in total. The summed E-state index contributed by atoms with van der Waals surface area (Å²) in [6, 6.07) is 0. The van der Waals surface area contributed by atoms with Crippen LogP contribution in [0, 0.1) is 5.92 Å². The molecule has 1 aliphatic carbocycles. The van der Waals surface area contributed by atoms with Crippen molar-refractivity contribution in [3.8, 4) is 0 Å². The van der Waals surface area contributed by atoms with E-state index in [2.05, 4.69) is 14.7 Å². The first-order chi connectivity index (χ1) is 11.8. The highest BCUT2D eigenvalue weighted by Gasteiger charge is 2.26. The monoisotopic (exact) mass is 337 g/mol. The molecule has 24 heavy (non-hydrogen) atoms. The van der Waals surface area contributed by atoms with Crippen LogP contribution in [0.2, 0.25) is 0 Å². The maximum Gasteiger partial charge on any atom is 0.225 e. The molecule has 3 aliphatic rings. The van der Waals surface area contributed by atoms with Gasteiger partial charge in [-0.2, -0.15) is 0 Å². The quantitative estimate of drug-likeness (QED) is 0.733. The zero-order valence-electron chi connectivity index (χ0n) is 15.3. The zero-order chi connectivity index (χ0) is 16.6. The molecule has 0 aromatic carbocycles. The first-order valence-corrected chi connectivity index (χ1v) is 10.1. The first kappa shape index (κ1) is 18.2. The van der Waals surface area contributed by atoms with Gasteiger partial charge in [-0.25, -0.2) is 0 Å². The van der Waals surface area contributed by atoms with Crippen LogP contribution in [-0.4, -0.2) is 86.2 Å². The third kappa shape index (κ3) is 5.43. The molecule has 2 saturated heterocycles. The average Bonchev–Trinajstić information content (AvgIpc) is 3.03. The Kier molecular flexibility index (Phi) is 7.36. The molecule has 0 unspecified atom stereocenters. The van der Waals surface area contributed by atoms with Gasteiger partial charge in [0, 0.05) is 51.7 Å². The SMILES string of the molecule is O=C(C1CCCCCC1)N1CCCN(CCN2CCOCC2)CC1. The largest absolute Gasteiger partial charge is 0.379 e. The summed E-state index contributed by atoms with van der Waals surface area (Å²) in [5.41, 5.74) is 0. The van der Waals surface area contributed by atoms with Crippen LogP contribution in [0.5, 0.6) is 0 Å². The molecule has 138 valence electrons. The van der Waals surface area contributed by atoms with E-state index in [4.69, 9.17) is 4.74 Å². The Labute approximate surface area is 147 Å². The molecule has 3 rings (SSSR count). The maximum absolute atomic E-state index is 12.9. The first-order valence-electron chi connectivity index (χ1n) is 10.1. The van der Waals surface area contributed by atoms with Crippen molar-refractivity contribution in [3.63, 3.8) is 0 Å². The molecule has 0 aromatic heterocycles. The van der Waals surface area contributed by atoms with Gasteiger partial charge in [-0.05, 0) is 25.8 Å². The second kappa shape index (κ2) is 9.73. The molecule has 0 radical (unpaired) electrons. The second-order valence-electron chi connectivity index (χ2n) is 7.66. The number of morpholine rings is 1. The smallest absolute Gasteiger partial charge is 0.225 e. The fraction of sp³-hybridized carbons (Fsp3) is 0.947. The fourth-order valence-electron chi connectivity index (χ4n) is 4.31. The van der Waals surface area contributed by atoms with E-state index in [0.29, 0.717) is 11.8 Å². The number of carbonyl (C=O) groups is 1. The van der Waals surface area contributed by atoms with Gasteiger partial charge in [-0.3, -0.25) is 9.69 Å². The van der Waals surface area contributed by atoms with Gasteiger partial charge in [0.05, 0.1) is 13.2 Å². The van der Waals surface area contributed by atoms with Crippen molar-refractivity contribution in [1.82, 2.24) is 14.7 Å². The normalized spacial score (nSPS) is 26.1. The van der Waals surface area contributed by atoms with E-state index in [9.17, 15) is 4.79 Å². The molecule has 2 aliphatic heterocycles. The summed E-state index contributed by atoms with van der Waals surface area (Å²) < 4.78 is 5.42. The number of rotatable bonds is 4. The van der Waals surface area contributed by atoms with Crippen LogP contribution in [0.3, 0.4) is 0 Å². The Bertz CT molecular complexity index is 377. The molecule has 0 N–H and O–H groups in total. The molecule has 2 heterocycles. The lowest BCUT2D eigenvalue weighted by atomic mass is 9.98. The fourth-order valence-corrected chi connectivity index (χ4v) is 4.31. The average molecular weight is 338 g/mol. The van der Waals surface area contributed by atoms with Gasteiger partial charge in [0.25, 0.3) is 0 Å². The third-order valence-corrected chi connectivity index (χ3v) is 5.94. The molecular weight excluding hydrogens is 302 g/mol. The summed E-state index contributed by atoms with van der Waals surface area (Å²) in [5, 5.41) is 0. The number of carbonyl (C=O) groups excluding carboxylic acids is 1. The van der Waals surface area contributed by atoms with Crippen LogP contribution < -0.4 is 0 Å². The van der Waals surface area contributed by atoms with Crippen LogP contribution in [-0.2, 0) is 9.53 Å². The molecule has 1 amide bonds. The van der Waals surface area contributed by atoms with Crippen molar-refractivity contribution in [2.45, 2.75) is 44.9 Å². The molecule has 0 bridgehead atoms. The predicted octanol–water partition coefficient (Wildman–Crippen LogP) is 1.82. The molecule has 0 spiro atoms. The summed E-state index contributed by atoms with van der Waals surface area (Å²) in [6.45, 7) is 10.2. The maximum atomic E-state index is 12.9. The Balaban J connectivity index is 1.41. The van der Waals surface area contributed by atoms with Gasteiger partial charge in [0.2, 0.25) is 5.91 Å². The van der Waals surface area contributed by atoms with Gasteiger partial charge < -0.3 is 14.5 Å². The van der Waals surface area contributed by atoms with Crippen molar-refractivity contribution in [2.75, 3.05) is 65.6 Å². The molecule has 5 heteroatoms. The minimum atomic E-state index is 0.312. The highest BCUT2D eigenvalue weighted by molar-refractivity contribution is 5.78. The summed E-state index contributed by atoms with van der Waals surface area (Å²) in [4.78, 5) is 20.1. The number of hydrogen-bond donors (Lipinski definition) is 0. The molecule has 3 fully saturated rings. The van der Waals surface area contributed by atoms with Crippen molar-refractivity contribution in [1.29, 1.82) is 0 Å². The van der Waals surface area contributed by atoms with Gasteiger partial charge in [-0.1, -0.05) is 25.7 Å². The van der Waals surface area contributed by atoms with E-state index in [0.717, 1.165) is 84.8 Å². The number of ether oxygens (including phenoxy) is 1. The molecule has 0 atom stereocenters. The third-order valence-electron chi connectivity index (χ3n) is 5.94. The number of hydrogen-bond acceptors (Lipinski definition) is 4. The predicted molar refractivity (Wildman–Crippen MR) is 96.1 cm³/mol. The standard InChI is InChI=1S/C19H35N3O2/c23-19(18-6-3-1-2-4-7-18)22-9-5-8-20(12-13-22)10-11-21-14-16-24-17-15-21/h18H,1-17H2. The summed E-state index contributed by atoms with van der Waals surface area (Å²) in [7, 11) is 0. The molecule has 0 aromatic rings. The highest BCUT2D eigenvalue weighted by Crippen LogP contribution is 2.25. The van der Waals surface area contributed by atoms with E-state index in [1.54, 1.807) is 0 Å². The van der Waals surface area contributed by atoms with E-state index in [1.165, 1.54) is 25.7 Å². The Morgan fingerprint density at radius 1 is 0.750 bits per heavy atom. The molecule has 1 saturated carbocycles. The van der Waals surface area contributed by atoms with E-state index in [1.807, 2.05) is 0 Å². The Hall–Kier alpha value is -0.650. The summed E-state index contributed by atoms with van der Waals surface area (Å²) in [6.07, 6.45) is 8.50. The Morgan fingerprint density at radius 3 is 2.12 bits per heavy atom.